The number of nitrogens with one attached hydrogen (secondary N) is 1. The second-order valence-corrected chi connectivity index (χ2v) is 11.6. The highest BCUT2D eigenvalue weighted by Gasteiger charge is 2.36. The van der Waals surface area contributed by atoms with E-state index in [9.17, 15) is 14.4 Å². The Morgan fingerprint density at radius 3 is 2.41 bits per heavy atom. The van der Waals surface area contributed by atoms with E-state index in [4.69, 9.17) is 37.4 Å². The molecular weight excluding hydrogens is 702 g/mol. The fourth-order valence-electron chi connectivity index (χ4n) is 3.80. The van der Waals surface area contributed by atoms with Crippen molar-refractivity contribution in [2.45, 2.75) is 20.5 Å². The summed E-state index contributed by atoms with van der Waals surface area (Å²) in [6.45, 7) is 4.44. The molecule has 0 aliphatic carbocycles. The summed E-state index contributed by atoms with van der Waals surface area (Å²) in [5.41, 5.74) is 1.93. The van der Waals surface area contributed by atoms with Crippen LogP contribution in [0.5, 0.6) is 17.2 Å². The molecule has 0 bridgehead atoms. The molecule has 41 heavy (non-hydrogen) atoms. The van der Waals surface area contributed by atoms with Crippen molar-refractivity contribution in [3.63, 3.8) is 0 Å². The number of thioether (sulfide) groups is 1. The first-order valence-corrected chi connectivity index (χ1v) is 15.1. The summed E-state index contributed by atoms with van der Waals surface area (Å²) >= 11 is 15.2. The monoisotopic (exact) mass is 726 g/mol. The third kappa shape index (κ3) is 8.09. The summed E-state index contributed by atoms with van der Waals surface area (Å²) in [6.07, 6.45) is 1.60. The number of amides is 3. The Morgan fingerprint density at radius 2 is 1.73 bits per heavy atom. The van der Waals surface area contributed by atoms with Crippen LogP contribution in [0.2, 0.25) is 10.0 Å². The van der Waals surface area contributed by atoms with Gasteiger partial charge in [0.15, 0.2) is 11.5 Å². The van der Waals surface area contributed by atoms with Gasteiger partial charge in [0.05, 0.1) is 21.7 Å². The average molecular weight is 727 g/mol. The van der Waals surface area contributed by atoms with Crippen molar-refractivity contribution >= 4 is 86.4 Å². The van der Waals surface area contributed by atoms with Crippen LogP contribution >= 0.6 is 57.6 Å². The molecule has 0 aromatic heterocycles. The summed E-state index contributed by atoms with van der Waals surface area (Å²) in [4.78, 5) is 39.3. The lowest BCUT2D eigenvalue weighted by atomic mass is 10.1. The Kier molecular flexibility index (Phi) is 10.8. The second kappa shape index (κ2) is 14.3. The van der Waals surface area contributed by atoms with E-state index in [1.807, 2.05) is 19.9 Å². The van der Waals surface area contributed by atoms with Crippen molar-refractivity contribution in [3.8, 4) is 17.2 Å². The summed E-state index contributed by atoms with van der Waals surface area (Å²) < 4.78 is 18.0. The van der Waals surface area contributed by atoms with Crippen molar-refractivity contribution in [2.24, 2.45) is 0 Å². The van der Waals surface area contributed by atoms with Gasteiger partial charge in [-0.25, -0.2) is 0 Å². The van der Waals surface area contributed by atoms with E-state index >= 15 is 0 Å². The standard InChI is InChI=1S/C29H25Cl2IN2O6S/c1-3-38-21-9-7-20(8-10-21)33-26(35)15-34-28(36)25(41-29(34)37)13-17-11-23(32)27(24(12-17)39-4-2)40-16-18-5-6-19(30)14-22(18)31/h5-14H,3-4,15-16H2,1-2H3,(H,33,35)/b25-13+. The molecular formula is C29H25Cl2IN2O6S. The number of anilines is 1. The van der Waals surface area contributed by atoms with Crippen LogP contribution in [0.25, 0.3) is 6.08 Å². The van der Waals surface area contributed by atoms with Gasteiger partial charge in [-0.2, -0.15) is 0 Å². The Hall–Kier alpha value is -2.93. The van der Waals surface area contributed by atoms with E-state index in [-0.39, 0.29) is 11.5 Å². The van der Waals surface area contributed by atoms with E-state index in [0.717, 1.165) is 25.8 Å². The molecule has 1 heterocycles. The van der Waals surface area contributed by atoms with Crippen molar-refractivity contribution in [3.05, 3.63) is 84.2 Å². The van der Waals surface area contributed by atoms with Crippen LogP contribution in [0.4, 0.5) is 10.5 Å². The molecule has 214 valence electrons. The van der Waals surface area contributed by atoms with Crippen LogP contribution in [0, 0.1) is 3.57 Å². The minimum Gasteiger partial charge on any atom is -0.494 e. The topological polar surface area (TPSA) is 94.2 Å². The summed E-state index contributed by atoms with van der Waals surface area (Å²) in [7, 11) is 0. The SMILES string of the molecule is CCOc1ccc(NC(=O)CN2C(=O)S/C(=C/c3cc(I)c(OCc4ccc(Cl)cc4Cl)c(OCC)c3)C2=O)cc1. The maximum absolute atomic E-state index is 13.0. The summed E-state index contributed by atoms with van der Waals surface area (Å²) in [6, 6.07) is 15.5. The number of imide groups is 1. The Bertz CT molecular complexity index is 1500. The predicted molar refractivity (Wildman–Crippen MR) is 170 cm³/mol. The van der Waals surface area contributed by atoms with Gasteiger partial charge in [0.2, 0.25) is 5.91 Å². The fourth-order valence-corrected chi connectivity index (χ4v) is 5.88. The second-order valence-electron chi connectivity index (χ2n) is 8.56. The van der Waals surface area contributed by atoms with Crippen LogP contribution in [-0.4, -0.2) is 41.7 Å². The van der Waals surface area contributed by atoms with Crippen LogP contribution in [0.1, 0.15) is 25.0 Å². The van der Waals surface area contributed by atoms with Crippen molar-refractivity contribution < 1.29 is 28.6 Å². The van der Waals surface area contributed by atoms with E-state index < -0.39 is 23.6 Å². The summed E-state index contributed by atoms with van der Waals surface area (Å²) in [5.74, 6) is 0.634. The lowest BCUT2D eigenvalue weighted by molar-refractivity contribution is -0.127. The molecule has 0 radical (unpaired) electrons. The maximum atomic E-state index is 13.0. The first-order valence-electron chi connectivity index (χ1n) is 12.5. The lowest BCUT2D eigenvalue weighted by Crippen LogP contribution is -2.36. The van der Waals surface area contributed by atoms with Crippen molar-refractivity contribution in [2.75, 3.05) is 25.1 Å². The molecule has 0 saturated carbocycles. The molecule has 0 unspecified atom stereocenters. The molecule has 3 aromatic rings. The molecule has 1 N–H and O–H groups in total. The predicted octanol–water partition coefficient (Wildman–Crippen LogP) is 7.65. The number of benzene rings is 3. The molecule has 1 aliphatic rings. The van der Waals surface area contributed by atoms with Gasteiger partial charge >= 0.3 is 0 Å². The molecule has 3 amide bonds. The number of hydrogen-bond acceptors (Lipinski definition) is 7. The van der Waals surface area contributed by atoms with Gasteiger partial charge in [0.25, 0.3) is 11.1 Å². The molecule has 0 atom stereocenters. The minimum atomic E-state index is -0.549. The largest absolute Gasteiger partial charge is 0.494 e. The molecule has 8 nitrogen and oxygen atoms in total. The number of ether oxygens (including phenoxy) is 3. The van der Waals surface area contributed by atoms with Crippen LogP contribution in [-0.2, 0) is 16.2 Å². The van der Waals surface area contributed by atoms with Gasteiger partial charge in [-0.05, 0) is 108 Å². The number of rotatable bonds is 11. The van der Waals surface area contributed by atoms with Gasteiger partial charge in [-0.15, -0.1) is 0 Å². The third-order valence-corrected chi connectivity index (χ3v) is 7.94. The molecule has 1 saturated heterocycles. The number of hydrogen-bond donors (Lipinski definition) is 1. The van der Waals surface area contributed by atoms with Crippen molar-refractivity contribution in [1.29, 1.82) is 0 Å². The lowest BCUT2D eigenvalue weighted by Gasteiger charge is -2.15. The van der Waals surface area contributed by atoms with Gasteiger partial charge < -0.3 is 19.5 Å². The Morgan fingerprint density at radius 1 is 1.00 bits per heavy atom. The molecule has 1 aliphatic heterocycles. The zero-order chi connectivity index (χ0) is 29.5. The molecule has 4 rings (SSSR count). The van der Waals surface area contributed by atoms with E-state index in [0.29, 0.717) is 51.8 Å². The number of nitrogens with zero attached hydrogens (tertiary/aromatic N) is 1. The van der Waals surface area contributed by atoms with Gasteiger partial charge in [0.1, 0.15) is 18.9 Å². The van der Waals surface area contributed by atoms with Crippen molar-refractivity contribution in [1.82, 2.24) is 4.90 Å². The highest BCUT2D eigenvalue weighted by molar-refractivity contribution is 14.1. The number of carbonyl (C=O) groups is 3. The number of carbonyl (C=O) groups excluding carboxylic acids is 3. The summed E-state index contributed by atoms with van der Waals surface area (Å²) in [5, 5.41) is 3.19. The minimum absolute atomic E-state index is 0.197. The van der Waals surface area contributed by atoms with Gasteiger partial charge in [-0.1, -0.05) is 29.3 Å². The van der Waals surface area contributed by atoms with Crippen LogP contribution < -0.4 is 19.5 Å². The average Bonchev–Trinajstić information content (AvgIpc) is 3.17. The number of halogens is 3. The smallest absolute Gasteiger partial charge is 0.294 e. The normalized spacial score (nSPS) is 14.0. The van der Waals surface area contributed by atoms with Crippen LogP contribution in [0.15, 0.2) is 59.5 Å². The Labute approximate surface area is 265 Å². The quantitative estimate of drug-likeness (QED) is 0.160. The fraction of sp³-hybridized carbons (Fsp3) is 0.207. The van der Waals surface area contributed by atoms with E-state index in [1.165, 1.54) is 0 Å². The first-order chi connectivity index (χ1) is 19.7. The van der Waals surface area contributed by atoms with E-state index in [1.54, 1.807) is 54.6 Å². The third-order valence-electron chi connectivity index (χ3n) is 5.64. The molecule has 12 heteroatoms. The highest BCUT2D eigenvalue weighted by Crippen LogP contribution is 2.38. The molecule has 1 fully saturated rings. The zero-order valence-electron chi connectivity index (χ0n) is 22.0. The maximum Gasteiger partial charge on any atom is 0.294 e. The van der Waals surface area contributed by atoms with Gasteiger partial charge in [-0.3, -0.25) is 19.3 Å². The molecule has 3 aromatic carbocycles. The van der Waals surface area contributed by atoms with Crippen LogP contribution in [0.3, 0.4) is 0 Å². The molecule has 0 spiro atoms. The Balaban J connectivity index is 1.46. The van der Waals surface area contributed by atoms with Gasteiger partial charge in [0, 0.05) is 21.3 Å². The highest BCUT2D eigenvalue weighted by atomic mass is 127. The van der Waals surface area contributed by atoms with E-state index in [2.05, 4.69) is 27.9 Å². The first kappa shape index (κ1) is 31.0. The zero-order valence-corrected chi connectivity index (χ0v) is 26.5.